The number of hydrogen-bond acceptors (Lipinski definition) is 7. The third kappa shape index (κ3) is 5.40. The molecule has 0 saturated carbocycles. The number of benzene rings is 1. The summed E-state index contributed by atoms with van der Waals surface area (Å²) < 4.78 is 33.3. The Labute approximate surface area is 228 Å². The highest BCUT2D eigenvalue weighted by molar-refractivity contribution is 7.89. The molecule has 2 fully saturated rings. The van der Waals surface area contributed by atoms with Crippen LogP contribution in [0.15, 0.2) is 29.2 Å². The third-order valence-electron chi connectivity index (χ3n) is 7.79. The fraction of sp³-hybridized carbons (Fsp3) is 0.556. The molecule has 2 saturated heterocycles. The highest BCUT2D eigenvalue weighted by atomic mass is 32.2. The maximum Gasteiger partial charge on any atom is 0.257 e. The van der Waals surface area contributed by atoms with Crippen molar-refractivity contribution in [2.45, 2.75) is 57.0 Å². The number of nitrogens with one attached hydrogen (secondary N) is 1. The number of rotatable bonds is 6. The summed E-state index contributed by atoms with van der Waals surface area (Å²) in [6.07, 6.45) is 3.51. The molecule has 2 aromatic rings. The molecule has 206 valence electrons. The molecule has 0 bridgehead atoms. The highest BCUT2D eigenvalue weighted by Crippen LogP contribution is 2.38. The summed E-state index contributed by atoms with van der Waals surface area (Å²) in [6, 6.07) is 6.07. The zero-order valence-corrected chi connectivity index (χ0v) is 23.7. The van der Waals surface area contributed by atoms with Crippen molar-refractivity contribution in [3.63, 3.8) is 0 Å². The minimum absolute atomic E-state index is 0.0346. The van der Waals surface area contributed by atoms with Crippen LogP contribution in [0.2, 0.25) is 0 Å². The number of morpholine rings is 1. The molecule has 1 atom stereocenters. The van der Waals surface area contributed by atoms with Crippen LogP contribution in [0.3, 0.4) is 0 Å². The van der Waals surface area contributed by atoms with E-state index in [2.05, 4.69) is 17.1 Å². The lowest BCUT2D eigenvalue weighted by Crippen LogP contribution is -2.41. The summed E-state index contributed by atoms with van der Waals surface area (Å²) in [4.78, 5) is 32.3. The molecule has 0 radical (unpaired) electrons. The van der Waals surface area contributed by atoms with Gasteiger partial charge in [0.05, 0.1) is 23.7 Å². The lowest BCUT2D eigenvalue weighted by Gasteiger charge is -2.32. The minimum atomic E-state index is -3.61. The second kappa shape index (κ2) is 11.4. The predicted octanol–water partition coefficient (Wildman–Crippen LogP) is 3.41. The number of nitrogens with zero attached hydrogens (tertiary/aromatic N) is 3. The first-order valence-electron chi connectivity index (χ1n) is 13.5. The van der Waals surface area contributed by atoms with Crippen molar-refractivity contribution >= 4 is 38.2 Å². The van der Waals surface area contributed by atoms with Gasteiger partial charge in [0.1, 0.15) is 5.00 Å². The number of anilines is 1. The largest absolute Gasteiger partial charge is 0.378 e. The summed E-state index contributed by atoms with van der Waals surface area (Å²) in [5, 5.41) is 3.55. The number of ether oxygens (including phenoxy) is 1. The van der Waals surface area contributed by atoms with Gasteiger partial charge in [-0.1, -0.05) is 13.3 Å². The number of carbonyl (C=O) groups excluding carboxylic acids is 2. The molecule has 11 heteroatoms. The van der Waals surface area contributed by atoms with Gasteiger partial charge < -0.3 is 15.0 Å². The molecule has 9 nitrogen and oxygen atoms in total. The second-order valence-electron chi connectivity index (χ2n) is 10.2. The average Bonchev–Trinajstić information content (AvgIpc) is 3.30. The van der Waals surface area contributed by atoms with Crippen molar-refractivity contribution in [3.8, 4) is 0 Å². The number of sulfonamides is 1. The molecule has 1 aromatic heterocycles. The van der Waals surface area contributed by atoms with Gasteiger partial charge in [-0.2, -0.15) is 4.31 Å². The van der Waals surface area contributed by atoms with Gasteiger partial charge in [0.25, 0.3) is 11.8 Å². The zero-order valence-electron chi connectivity index (χ0n) is 22.1. The Bertz CT molecular complexity index is 1290. The van der Waals surface area contributed by atoms with Crippen LogP contribution < -0.4 is 5.32 Å². The van der Waals surface area contributed by atoms with Gasteiger partial charge >= 0.3 is 0 Å². The molecular formula is C27H36N4O5S2. The molecule has 5 rings (SSSR count). The van der Waals surface area contributed by atoms with E-state index >= 15 is 0 Å². The zero-order chi connectivity index (χ0) is 26.9. The molecule has 38 heavy (non-hydrogen) atoms. The maximum absolute atomic E-state index is 13.6. The molecule has 2 amide bonds. The first kappa shape index (κ1) is 27.3. The Morgan fingerprint density at radius 3 is 2.50 bits per heavy atom. The van der Waals surface area contributed by atoms with E-state index in [-0.39, 0.29) is 22.8 Å². The number of hydrogen-bond donors (Lipinski definition) is 1. The van der Waals surface area contributed by atoms with Crippen molar-refractivity contribution in [1.82, 2.24) is 14.1 Å². The quantitative estimate of drug-likeness (QED) is 0.582. The van der Waals surface area contributed by atoms with Crippen LogP contribution in [-0.4, -0.2) is 86.3 Å². The van der Waals surface area contributed by atoms with Crippen molar-refractivity contribution in [3.05, 3.63) is 45.8 Å². The topological polar surface area (TPSA) is 99.3 Å². The number of carbonyl (C=O) groups is 2. The minimum Gasteiger partial charge on any atom is -0.378 e. The smallest absolute Gasteiger partial charge is 0.257 e. The van der Waals surface area contributed by atoms with E-state index in [0.29, 0.717) is 49.0 Å². The standard InChI is InChI=1S/C27H36N4O5S2/c1-3-29-13-11-22-23(18-29)37-26(24(22)27(33)30-14-16-36-17-15-30)28-25(32)20-7-9-21(10-8-20)38(34,35)31-12-5-4-6-19(31)2/h7-10,19H,3-6,11-18H2,1-2H3,(H,28,32). The number of piperidine rings is 1. The van der Waals surface area contributed by atoms with Crippen LogP contribution in [0.1, 0.15) is 64.3 Å². The molecule has 1 aromatic carbocycles. The van der Waals surface area contributed by atoms with Crippen molar-refractivity contribution in [2.24, 2.45) is 0 Å². The van der Waals surface area contributed by atoms with Crippen LogP contribution in [0.25, 0.3) is 0 Å². The maximum atomic E-state index is 13.6. The number of likely N-dealkylation sites (N-methyl/N-ethyl adjacent to an activating group) is 1. The van der Waals surface area contributed by atoms with E-state index in [1.165, 1.54) is 23.5 Å². The van der Waals surface area contributed by atoms with Gasteiger partial charge in [-0.15, -0.1) is 11.3 Å². The van der Waals surface area contributed by atoms with Crippen LogP contribution in [0.4, 0.5) is 5.00 Å². The first-order chi connectivity index (χ1) is 18.3. The molecule has 3 aliphatic rings. The van der Waals surface area contributed by atoms with Gasteiger partial charge in [0, 0.05) is 49.2 Å². The van der Waals surface area contributed by atoms with Gasteiger partial charge in [0.15, 0.2) is 0 Å². The van der Waals surface area contributed by atoms with Gasteiger partial charge in [-0.3, -0.25) is 14.5 Å². The van der Waals surface area contributed by atoms with E-state index in [4.69, 9.17) is 4.74 Å². The summed E-state index contributed by atoms with van der Waals surface area (Å²) in [7, 11) is -3.61. The average molecular weight is 561 g/mol. The lowest BCUT2D eigenvalue weighted by molar-refractivity contribution is 0.0303. The Morgan fingerprint density at radius 2 is 1.82 bits per heavy atom. The molecule has 0 aliphatic carbocycles. The van der Waals surface area contributed by atoms with E-state index in [1.807, 2.05) is 6.92 Å². The Morgan fingerprint density at radius 1 is 1.08 bits per heavy atom. The fourth-order valence-electron chi connectivity index (χ4n) is 5.48. The highest BCUT2D eigenvalue weighted by Gasteiger charge is 2.33. The Kier molecular flexibility index (Phi) is 8.20. The monoisotopic (exact) mass is 560 g/mol. The number of amides is 2. The van der Waals surface area contributed by atoms with Gasteiger partial charge in [-0.05, 0) is 62.6 Å². The predicted molar refractivity (Wildman–Crippen MR) is 147 cm³/mol. The van der Waals surface area contributed by atoms with Crippen LogP contribution >= 0.6 is 11.3 Å². The van der Waals surface area contributed by atoms with Gasteiger partial charge in [0.2, 0.25) is 10.0 Å². The normalized spacial score (nSPS) is 21.2. The van der Waals surface area contributed by atoms with Crippen LogP contribution in [-0.2, 0) is 27.7 Å². The number of fused-ring (bicyclic) bond motifs is 1. The SMILES string of the molecule is CCN1CCc2c(sc(NC(=O)c3ccc(S(=O)(=O)N4CCCCC4C)cc3)c2C(=O)N2CCOCC2)C1. The molecule has 4 heterocycles. The number of thiophene rings is 1. The summed E-state index contributed by atoms with van der Waals surface area (Å²) in [6.45, 7) is 9.23. The van der Waals surface area contributed by atoms with Gasteiger partial charge in [-0.25, -0.2) is 8.42 Å². The third-order valence-corrected chi connectivity index (χ3v) is 10.9. The van der Waals surface area contributed by atoms with E-state index in [0.717, 1.165) is 55.8 Å². The molecule has 3 aliphatic heterocycles. The van der Waals surface area contributed by atoms with Crippen molar-refractivity contribution in [1.29, 1.82) is 0 Å². The molecular weight excluding hydrogens is 524 g/mol. The van der Waals surface area contributed by atoms with E-state index in [1.54, 1.807) is 21.3 Å². The molecule has 0 spiro atoms. The second-order valence-corrected chi connectivity index (χ2v) is 13.2. The van der Waals surface area contributed by atoms with Crippen LogP contribution in [0, 0.1) is 0 Å². The Hall–Kier alpha value is -2.31. The summed E-state index contributed by atoms with van der Waals surface area (Å²) in [5.41, 5.74) is 1.97. The molecule has 1 N–H and O–H groups in total. The molecule has 1 unspecified atom stereocenters. The fourth-order valence-corrected chi connectivity index (χ4v) is 8.46. The van der Waals surface area contributed by atoms with Crippen LogP contribution in [0.5, 0.6) is 0 Å². The lowest BCUT2D eigenvalue weighted by atomic mass is 10.0. The summed E-state index contributed by atoms with van der Waals surface area (Å²) >= 11 is 1.47. The van der Waals surface area contributed by atoms with Crippen molar-refractivity contribution < 1.29 is 22.7 Å². The summed E-state index contributed by atoms with van der Waals surface area (Å²) in [5.74, 6) is -0.426. The van der Waals surface area contributed by atoms with E-state index in [9.17, 15) is 18.0 Å². The Balaban J connectivity index is 1.38. The first-order valence-corrected chi connectivity index (χ1v) is 15.7. The van der Waals surface area contributed by atoms with E-state index < -0.39 is 10.0 Å². The van der Waals surface area contributed by atoms with Crippen molar-refractivity contribution in [2.75, 3.05) is 51.3 Å².